The quantitative estimate of drug-likeness (QED) is 0.214. The lowest BCUT2D eigenvalue weighted by Gasteiger charge is -2.14. The van der Waals surface area contributed by atoms with Gasteiger partial charge < -0.3 is 9.13 Å². The van der Waals surface area contributed by atoms with Crippen LogP contribution in [0.1, 0.15) is 0 Å². The summed E-state index contributed by atoms with van der Waals surface area (Å²) >= 11 is 0. The second-order valence-electron chi connectivity index (χ2n) is 10.9. The SMILES string of the molecule is c1ccc2c(c1)c1ccccc1n2-c1ccc2c(c1)c1ccccc1n2-c1cc(-c2cncnc2)cc(-c2cncnc2)c1. The maximum absolute atomic E-state index is 4.29. The van der Waals surface area contributed by atoms with Crippen LogP contribution in [0.15, 0.2) is 147 Å². The molecule has 0 aliphatic carbocycles. The molecule has 5 aromatic carbocycles. The van der Waals surface area contributed by atoms with E-state index in [0.29, 0.717) is 0 Å². The summed E-state index contributed by atoms with van der Waals surface area (Å²) in [6.07, 6.45) is 10.5. The molecule has 0 N–H and O–H groups in total. The molecule has 4 heterocycles. The van der Waals surface area contributed by atoms with E-state index in [9.17, 15) is 0 Å². The zero-order chi connectivity index (χ0) is 29.0. The summed E-state index contributed by atoms with van der Waals surface area (Å²) in [5.41, 5.74) is 10.8. The van der Waals surface area contributed by atoms with E-state index in [1.54, 1.807) is 12.7 Å². The van der Waals surface area contributed by atoms with E-state index < -0.39 is 0 Å². The van der Waals surface area contributed by atoms with E-state index in [2.05, 4.69) is 138 Å². The maximum atomic E-state index is 4.29. The molecule has 0 radical (unpaired) electrons. The third-order valence-corrected chi connectivity index (χ3v) is 8.46. The first-order valence-electron chi connectivity index (χ1n) is 14.5. The van der Waals surface area contributed by atoms with Crippen LogP contribution in [0.4, 0.5) is 0 Å². The predicted octanol–water partition coefficient (Wildman–Crippen LogP) is 8.79. The third-order valence-electron chi connectivity index (χ3n) is 8.46. The van der Waals surface area contributed by atoms with Crippen LogP contribution >= 0.6 is 0 Å². The van der Waals surface area contributed by atoms with E-state index in [1.807, 2.05) is 24.8 Å². The van der Waals surface area contributed by atoms with Gasteiger partial charge in [0.25, 0.3) is 0 Å². The summed E-state index contributed by atoms with van der Waals surface area (Å²) in [4.78, 5) is 17.2. The zero-order valence-corrected chi connectivity index (χ0v) is 23.5. The molecule has 0 bridgehead atoms. The largest absolute Gasteiger partial charge is 0.309 e. The third kappa shape index (κ3) is 3.75. The van der Waals surface area contributed by atoms with E-state index in [4.69, 9.17) is 0 Å². The van der Waals surface area contributed by atoms with Crippen LogP contribution in [0.25, 0.3) is 77.2 Å². The second kappa shape index (κ2) is 9.71. The molecule has 6 nitrogen and oxygen atoms in total. The highest BCUT2D eigenvalue weighted by molar-refractivity contribution is 6.12. The molecule has 9 rings (SSSR count). The number of hydrogen-bond acceptors (Lipinski definition) is 4. The van der Waals surface area contributed by atoms with Gasteiger partial charge in [-0.05, 0) is 65.7 Å². The minimum absolute atomic E-state index is 0.946. The van der Waals surface area contributed by atoms with Crippen molar-refractivity contribution in [3.8, 4) is 33.6 Å². The van der Waals surface area contributed by atoms with Gasteiger partial charge in [0.15, 0.2) is 0 Å². The molecule has 0 aliphatic heterocycles. The van der Waals surface area contributed by atoms with Gasteiger partial charge in [0, 0.05) is 68.8 Å². The summed E-state index contributed by atoms with van der Waals surface area (Å²) < 4.78 is 4.72. The van der Waals surface area contributed by atoms with Crippen molar-refractivity contribution in [1.82, 2.24) is 29.1 Å². The van der Waals surface area contributed by atoms with Crippen molar-refractivity contribution < 1.29 is 0 Å². The Morgan fingerprint density at radius 2 is 0.773 bits per heavy atom. The molecule has 206 valence electrons. The van der Waals surface area contributed by atoms with Crippen molar-refractivity contribution in [2.45, 2.75) is 0 Å². The van der Waals surface area contributed by atoms with Crippen molar-refractivity contribution in [3.05, 3.63) is 147 Å². The zero-order valence-electron chi connectivity index (χ0n) is 23.5. The molecule has 4 aromatic heterocycles. The van der Waals surface area contributed by atoms with Gasteiger partial charge >= 0.3 is 0 Å². The molecule has 0 spiro atoms. The number of para-hydroxylation sites is 3. The lowest BCUT2D eigenvalue weighted by molar-refractivity contribution is 1.15. The normalized spacial score (nSPS) is 11.6. The van der Waals surface area contributed by atoms with Crippen molar-refractivity contribution in [2.75, 3.05) is 0 Å². The van der Waals surface area contributed by atoms with Crippen LogP contribution in [0, 0.1) is 0 Å². The van der Waals surface area contributed by atoms with Crippen molar-refractivity contribution in [2.24, 2.45) is 0 Å². The van der Waals surface area contributed by atoms with E-state index in [-0.39, 0.29) is 0 Å². The van der Waals surface area contributed by atoms with Gasteiger partial charge in [0.2, 0.25) is 0 Å². The highest BCUT2D eigenvalue weighted by atomic mass is 15.0. The van der Waals surface area contributed by atoms with Gasteiger partial charge in [0.1, 0.15) is 12.7 Å². The lowest BCUT2D eigenvalue weighted by atomic mass is 10.0. The first-order valence-corrected chi connectivity index (χ1v) is 14.5. The second-order valence-corrected chi connectivity index (χ2v) is 10.9. The van der Waals surface area contributed by atoms with Crippen molar-refractivity contribution in [3.63, 3.8) is 0 Å². The Morgan fingerprint density at radius 1 is 0.341 bits per heavy atom. The molecule has 0 atom stereocenters. The Balaban J connectivity index is 1.32. The summed E-state index contributed by atoms with van der Waals surface area (Å²) in [6.45, 7) is 0. The molecular formula is C38H24N6. The number of nitrogens with zero attached hydrogens (tertiary/aromatic N) is 6. The average Bonchev–Trinajstić information content (AvgIpc) is 3.61. The monoisotopic (exact) mass is 564 g/mol. The summed E-state index contributed by atoms with van der Waals surface area (Å²) in [5.74, 6) is 0. The predicted molar refractivity (Wildman–Crippen MR) is 177 cm³/mol. The first kappa shape index (κ1) is 24.5. The molecule has 0 amide bonds. The molecule has 6 heteroatoms. The van der Waals surface area contributed by atoms with Crippen molar-refractivity contribution in [1.29, 1.82) is 0 Å². The number of rotatable bonds is 4. The highest BCUT2D eigenvalue weighted by Crippen LogP contribution is 2.38. The Morgan fingerprint density at radius 3 is 1.30 bits per heavy atom. The Bertz CT molecular complexity index is 2380. The van der Waals surface area contributed by atoms with Gasteiger partial charge in [-0.25, -0.2) is 19.9 Å². The highest BCUT2D eigenvalue weighted by Gasteiger charge is 2.17. The molecule has 0 saturated heterocycles. The Kier molecular flexibility index (Phi) is 5.40. The standard InChI is InChI=1S/C38H24N6/c1-4-10-35-31(7-1)32-8-2-5-11-36(32)43(35)29-13-14-38-34(18-29)33-9-3-6-12-37(33)44(38)30-16-25(27-19-39-23-40-20-27)15-26(17-30)28-21-41-24-42-22-28/h1-24H. The van der Waals surface area contributed by atoms with Crippen LogP contribution in [0.2, 0.25) is 0 Å². The molecule has 0 unspecified atom stereocenters. The minimum atomic E-state index is 0.946. The average molecular weight is 565 g/mol. The van der Waals surface area contributed by atoms with Crippen LogP contribution in [-0.4, -0.2) is 29.1 Å². The Labute approximate surface area is 252 Å². The van der Waals surface area contributed by atoms with Crippen molar-refractivity contribution >= 4 is 43.6 Å². The summed E-state index contributed by atoms with van der Waals surface area (Å²) in [6, 6.07) is 39.3. The number of benzene rings is 5. The summed E-state index contributed by atoms with van der Waals surface area (Å²) in [5, 5.41) is 4.90. The van der Waals surface area contributed by atoms with Gasteiger partial charge in [-0.3, -0.25) is 0 Å². The molecular weight excluding hydrogens is 540 g/mol. The fourth-order valence-electron chi connectivity index (χ4n) is 6.55. The molecule has 9 aromatic rings. The van der Waals surface area contributed by atoms with Gasteiger partial charge in [0.05, 0.1) is 22.1 Å². The van der Waals surface area contributed by atoms with E-state index in [1.165, 1.54) is 32.6 Å². The summed E-state index contributed by atoms with van der Waals surface area (Å²) in [7, 11) is 0. The number of hydrogen-bond donors (Lipinski definition) is 0. The van der Waals surface area contributed by atoms with E-state index >= 15 is 0 Å². The van der Waals surface area contributed by atoms with Gasteiger partial charge in [-0.15, -0.1) is 0 Å². The minimum Gasteiger partial charge on any atom is -0.309 e. The van der Waals surface area contributed by atoms with Gasteiger partial charge in [-0.1, -0.05) is 54.6 Å². The lowest BCUT2D eigenvalue weighted by Crippen LogP contribution is -1.97. The molecule has 0 fully saturated rings. The molecule has 0 aliphatic rings. The Hall–Kier alpha value is -6.14. The van der Waals surface area contributed by atoms with Gasteiger partial charge in [-0.2, -0.15) is 0 Å². The first-order chi connectivity index (χ1) is 21.8. The van der Waals surface area contributed by atoms with Crippen LogP contribution in [0.3, 0.4) is 0 Å². The number of fused-ring (bicyclic) bond motifs is 6. The fourth-order valence-corrected chi connectivity index (χ4v) is 6.55. The van der Waals surface area contributed by atoms with Crippen LogP contribution in [0.5, 0.6) is 0 Å². The van der Waals surface area contributed by atoms with Crippen LogP contribution < -0.4 is 0 Å². The number of aromatic nitrogens is 6. The topological polar surface area (TPSA) is 61.4 Å². The van der Waals surface area contributed by atoms with E-state index in [0.717, 1.165) is 44.7 Å². The molecule has 44 heavy (non-hydrogen) atoms. The van der Waals surface area contributed by atoms with Crippen LogP contribution in [-0.2, 0) is 0 Å². The maximum Gasteiger partial charge on any atom is 0.115 e. The smallest absolute Gasteiger partial charge is 0.115 e. The molecule has 0 saturated carbocycles. The fraction of sp³-hybridized carbons (Fsp3) is 0.